The molecule has 2 aromatic rings. The Bertz CT molecular complexity index is 874. The van der Waals surface area contributed by atoms with Crippen molar-refractivity contribution in [2.75, 3.05) is 37.9 Å². The molecular formula is C34H60N3O4S2+. The molecule has 0 aliphatic carbocycles. The van der Waals surface area contributed by atoms with E-state index in [1.807, 2.05) is 0 Å². The molecule has 7 nitrogen and oxygen atoms in total. The second-order valence-corrected chi connectivity index (χ2v) is 13.9. The van der Waals surface area contributed by atoms with Crippen molar-refractivity contribution in [3.8, 4) is 6.01 Å². The number of ether oxygens (including phenoxy) is 3. The molecule has 0 spiro atoms. The van der Waals surface area contributed by atoms with Crippen molar-refractivity contribution in [1.82, 2.24) is 9.97 Å². The smallest absolute Gasteiger partial charge is 0.316 e. The molecule has 0 bridgehead atoms. The number of thiazole rings is 1. The maximum absolute atomic E-state index is 12.8. The summed E-state index contributed by atoms with van der Waals surface area (Å²) in [5, 5.41) is 2.07. The highest BCUT2D eigenvalue weighted by atomic mass is 32.2. The van der Waals surface area contributed by atoms with Gasteiger partial charge in [-0.2, -0.15) is 4.57 Å². The third kappa shape index (κ3) is 22.7. The van der Waals surface area contributed by atoms with Gasteiger partial charge in [-0.25, -0.2) is 9.97 Å². The summed E-state index contributed by atoms with van der Waals surface area (Å²) in [6, 6.07) is 2.06. The molecule has 0 saturated carbocycles. The Hall–Kier alpha value is -1.42. The van der Waals surface area contributed by atoms with Gasteiger partial charge < -0.3 is 14.2 Å². The van der Waals surface area contributed by atoms with Crippen LogP contribution in [0.25, 0.3) is 0 Å². The van der Waals surface area contributed by atoms with Gasteiger partial charge in [0.05, 0.1) is 24.3 Å². The van der Waals surface area contributed by atoms with E-state index in [0.717, 1.165) is 32.4 Å². The van der Waals surface area contributed by atoms with E-state index in [4.69, 9.17) is 14.2 Å². The fraction of sp³-hybridized carbons (Fsp3) is 0.794. The van der Waals surface area contributed by atoms with Gasteiger partial charge in [0, 0.05) is 48.6 Å². The van der Waals surface area contributed by atoms with E-state index in [1.165, 1.54) is 96.3 Å². The highest BCUT2D eigenvalue weighted by molar-refractivity contribution is 7.85. The van der Waals surface area contributed by atoms with Gasteiger partial charge in [0.15, 0.2) is 12.7 Å². The first-order valence-electron chi connectivity index (χ1n) is 17.1. The highest BCUT2D eigenvalue weighted by Gasteiger charge is 2.16. The first kappa shape index (κ1) is 37.8. The molecule has 2 aromatic heterocycles. The molecule has 246 valence electrons. The van der Waals surface area contributed by atoms with Crippen molar-refractivity contribution in [3.63, 3.8) is 0 Å². The lowest BCUT2D eigenvalue weighted by atomic mass is 10.0. The quantitative estimate of drug-likeness (QED) is 0.0614. The SMILES string of the molecule is CCCCCCCCCCCCCCCCCCOCC(CS(=O)CCCOCCC[n+]1ccsc1)Oc1ncccn1. The van der Waals surface area contributed by atoms with Crippen LogP contribution >= 0.6 is 11.3 Å². The number of hydrogen-bond acceptors (Lipinski definition) is 7. The van der Waals surface area contributed by atoms with Crippen LogP contribution in [0.2, 0.25) is 0 Å². The number of unbranched alkanes of at least 4 members (excludes halogenated alkanes) is 15. The minimum absolute atomic E-state index is 0.308. The summed E-state index contributed by atoms with van der Waals surface area (Å²) >= 11 is 1.70. The summed E-state index contributed by atoms with van der Waals surface area (Å²) in [6.07, 6.45) is 28.5. The maximum atomic E-state index is 12.8. The zero-order valence-corrected chi connectivity index (χ0v) is 28.6. The third-order valence-corrected chi connectivity index (χ3v) is 9.68. The van der Waals surface area contributed by atoms with Crippen LogP contribution in [-0.4, -0.2) is 58.2 Å². The first-order valence-corrected chi connectivity index (χ1v) is 19.6. The number of aromatic nitrogens is 3. The van der Waals surface area contributed by atoms with Gasteiger partial charge in [0.25, 0.3) is 0 Å². The first-order chi connectivity index (χ1) is 21.3. The van der Waals surface area contributed by atoms with Crippen LogP contribution in [0.4, 0.5) is 0 Å². The number of hydrogen-bond donors (Lipinski definition) is 0. The van der Waals surface area contributed by atoms with E-state index >= 15 is 0 Å². The van der Waals surface area contributed by atoms with Crippen molar-refractivity contribution in [1.29, 1.82) is 0 Å². The molecule has 43 heavy (non-hydrogen) atoms. The van der Waals surface area contributed by atoms with E-state index in [1.54, 1.807) is 29.8 Å². The largest absolute Gasteiger partial charge is 0.457 e. The van der Waals surface area contributed by atoms with Gasteiger partial charge in [-0.15, -0.1) is 0 Å². The zero-order valence-electron chi connectivity index (χ0n) is 27.0. The van der Waals surface area contributed by atoms with Crippen LogP contribution in [0, 0.1) is 0 Å². The molecule has 0 radical (unpaired) electrons. The molecule has 0 N–H and O–H groups in total. The van der Waals surface area contributed by atoms with Crippen molar-refractivity contribution < 1.29 is 23.0 Å². The predicted octanol–water partition coefficient (Wildman–Crippen LogP) is 8.10. The molecule has 2 unspecified atom stereocenters. The normalized spacial score (nSPS) is 12.9. The van der Waals surface area contributed by atoms with Crippen molar-refractivity contribution in [3.05, 3.63) is 35.5 Å². The Labute approximate surface area is 269 Å². The third-order valence-electron chi connectivity index (χ3n) is 7.52. The molecular weight excluding hydrogens is 579 g/mol. The Morgan fingerprint density at radius 1 is 0.767 bits per heavy atom. The van der Waals surface area contributed by atoms with Crippen molar-refractivity contribution >= 4 is 22.1 Å². The summed E-state index contributed by atoms with van der Waals surface area (Å²) in [5.41, 5.74) is 2.10. The van der Waals surface area contributed by atoms with Crippen LogP contribution in [-0.2, 0) is 26.8 Å². The average Bonchev–Trinajstić information content (AvgIpc) is 3.54. The second-order valence-electron chi connectivity index (χ2n) is 11.5. The topological polar surface area (TPSA) is 74.4 Å². The van der Waals surface area contributed by atoms with E-state index in [2.05, 4.69) is 38.5 Å². The maximum Gasteiger partial charge on any atom is 0.316 e. The summed E-state index contributed by atoms with van der Waals surface area (Å²) in [5.74, 6) is 1.000. The lowest BCUT2D eigenvalue weighted by Crippen LogP contribution is -2.31. The minimum Gasteiger partial charge on any atom is -0.457 e. The fourth-order valence-electron chi connectivity index (χ4n) is 5.03. The average molecular weight is 639 g/mol. The standard InChI is InChI=1S/C34H60N3O4S2/c1-2-3-4-5-6-7-8-9-10-11-12-13-14-15-16-17-25-40-30-33(41-34-35-21-18-22-36-34)31-43(38)29-20-27-39-26-19-23-37-24-28-42-32-37/h18,21-22,24,28,32-33H,2-17,19-20,23,25-27,29-31H2,1H3/q+1. The van der Waals surface area contributed by atoms with E-state index in [9.17, 15) is 4.21 Å². The summed E-state index contributed by atoms with van der Waals surface area (Å²) in [6.45, 7) is 5.71. The Morgan fingerprint density at radius 2 is 1.35 bits per heavy atom. The van der Waals surface area contributed by atoms with Gasteiger partial charge in [0.2, 0.25) is 5.51 Å². The van der Waals surface area contributed by atoms with Gasteiger partial charge in [-0.3, -0.25) is 4.21 Å². The molecule has 0 aliphatic rings. The summed E-state index contributed by atoms with van der Waals surface area (Å²) < 4.78 is 32.5. The fourth-order valence-corrected chi connectivity index (χ4v) is 6.85. The molecule has 2 rings (SSSR count). The Balaban J connectivity index is 1.45. The van der Waals surface area contributed by atoms with Crippen LogP contribution in [0.15, 0.2) is 35.5 Å². The molecule has 0 saturated heterocycles. The molecule has 0 aliphatic heterocycles. The lowest BCUT2D eigenvalue weighted by Gasteiger charge is -2.17. The Morgan fingerprint density at radius 3 is 1.95 bits per heavy atom. The second kappa shape index (κ2) is 28.1. The predicted molar refractivity (Wildman–Crippen MR) is 179 cm³/mol. The molecule has 2 atom stereocenters. The van der Waals surface area contributed by atoms with Crippen molar-refractivity contribution in [2.24, 2.45) is 0 Å². The molecule has 0 amide bonds. The monoisotopic (exact) mass is 638 g/mol. The molecule has 9 heteroatoms. The lowest BCUT2D eigenvalue weighted by molar-refractivity contribution is -0.692. The minimum atomic E-state index is -1.02. The molecule has 0 aromatic carbocycles. The zero-order chi connectivity index (χ0) is 30.5. The van der Waals surface area contributed by atoms with E-state index < -0.39 is 10.8 Å². The molecule has 0 fully saturated rings. The summed E-state index contributed by atoms with van der Waals surface area (Å²) in [4.78, 5) is 8.34. The van der Waals surface area contributed by atoms with Crippen LogP contribution in [0.5, 0.6) is 6.01 Å². The van der Waals surface area contributed by atoms with Gasteiger partial charge in [-0.05, 0) is 18.9 Å². The van der Waals surface area contributed by atoms with Gasteiger partial charge in [0.1, 0.15) is 6.10 Å². The van der Waals surface area contributed by atoms with Gasteiger partial charge in [-0.1, -0.05) is 115 Å². The highest BCUT2D eigenvalue weighted by Crippen LogP contribution is 2.14. The van der Waals surface area contributed by atoms with Crippen molar-refractivity contribution in [2.45, 2.75) is 135 Å². The van der Waals surface area contributed by atoms with Crippen LogP contribution in [0.3, 0.4) is 0 Å². The molecule has 2 heterocycles. The van der Waals surface area contributed by atoms with Crippen LogP contribution < -0.4 is 9.30 Å². The number of nitrogens with zero attached hydrogens (tertiary/aromatic N) is 3. The van der Waals surface area contributed by atoms with E-state index in [0.29, 0.717) is 37.3 Å². The number of aryl methyl sites for hydroxylation is 1. The Kier molecular flexibility index (Phi) is 24.7. The number of rotatable bonds is 31. The van der Waals surface area contributed by atoms with E-state index in [-0.39, 0.29) is 6.10 Å². The summed E-state index contributed by atoms with van der Waals surface area (Å²) in [7, 11) is -1.02. The van der Waals surface area contributed by atoms with Gasteiger partial charge >= 0.3 is 6.01 Å². The van der Waals surface area contributed by atoms with Crippen LogP contribution in [0.1, 0.15) is 122 Å².